The van der Waals surface area contributed by atoms with Crippen LogP contribution in [0.5, 0.6) is 0 Å². The van der Waals surface area contributed by atoms with Crippen molar-refractivity contribution in [2.24, 2.45) is 0 Å². The number of hydrogen-bond donors (Lipinski definition) is 3. The predicted molar refractivity (Wildman–Crippen MR) is 82.1 cm³/mol. The van der Waals surface area contributed by atoms with Gasteiger partial charge < -0.3 is 11.1 Å². The molecule has 1 aliphatic carbocycles. The van der Waals surface area contributed by atoms with Crippen LogP contribution in [0.15, 0.2) is 34.7 Å². The number of anilines is 2. The van der Waals surface area contributed by atoms with E-state index in [-0.39, 0.29) is 4.90 Å². The zero-order valence-electron chi connectivity index (χ0n) is 11.6. The largest absolute Gasteiger partial charge is 0.397 e. The molecule has 6 heteroatoms. The van der Waals surface area contributed by atoms with Crippen LogP contribution in [0, 0.1) is 0 Å². The first-order chi connectivity index (χ1) is 9.53. The number of sulfonamides is 1. The zero-order chi connectivity index (χ0) is 14.6. The van der Waals surface area contributed by atoms with Gasteiger partial charge in [-0.05, 0) is 50.9 Å². The SMILES string of the molecule is CNS(=O)(=O)c1ccc(NCCC2=CCCC2)c(N)c1. The second-order valence-electron chi connectivity index (χ2n) is 4.89. The number of nitrogens with two attached hydrogens (primary N) is 1. The maximum atomic E-state index is 11.7. The molecular weight excluding hydrogens is 274 g/mol. The van der Waals surface area contributed by atoms with Gasteiger partial charge in [-0.15, -0.1) is 0 Å². The molecule has 110 valence electrons. The summed E-state index contributed by atoms with van der Waals surface area (Å²) >= 11 is 0. The van der Waals surface area contributed by atoms with Crippen LogP contribution >= 0.6 is 0 Å². The smallest absolute Gasteiger partial charge is 0.240 e. The van der Waals surface area contributed by atoms with Crippen molar-refractivity contribution >= 4 is 21.4 Å². The van der Waals surface area contributed by atoms with Crippen molar-refractivity contribution in [1.29, 1.82) is 0 Å². The van der Waals surface area contributed by atoms with Crippen molar-refractivity contribution in [2.45, 2.75) is 30.6 Å². The molecule has 0 radical (unpaired) electrons. The summed E-state index contributed by atoms with van der Waals surface area (Å²) in [6.07, 6.45) is 6.95. The monoisotopic (exact) mass is 295 g/mol. The summed E-state index contributed by atoms with van der Waals surface area (Å²) in [5.41, 5.74) is 8.61. The van der Waals surface area contributed by atoms with E-state index in [9.17, 15) is 8.42 Å². The molecule has 0 atom stereocenters. The van der Waals surface area contributed by atoms with E-state index < -0.39 is 10.0 Å². The van der Waals surface area contributed by atoms with Gasteiger partial charge in [0.2, 0.25) is 10.0 Å². The first-order valence-corrected chi connectivity index (χ1v) is 8.26. The van der Waals surface area contributed by atoms with Crippen LogP contribution in [-0.2, 0) is 10.0 Å². The summed E-state index contributed by atoms with van der Waals surface area (Å²) in [6.45, 7) is 0.814. The average molecular weight is 295 g/mol. The van der Waals surface area contributed by atoms with Crippen LogP contribution in [0.3, 0.4) is 0 Å². The lowest BCUT2D eigenvalue weighted by Gasteiger charge is -2.11. The van der Waals surface area contributed by atoms with E-state index in [0.717, 1.165) is 18.7 Å². The Kier molecular flexibility index (Phi) is 4.67. The number of rotatable bonds is 6. The average Bonchev–Trinajstić information content (AvgIpc) is 2.93. The summed E-state index contributed by atoms with van der Waals surface area (Å²) in [5, 5.41) is 3.26. The van der Waals surface area contributed by atoms with Crippen molar-refractivity contribution in [2.75, 3.05) is 24.6 Å². The second-order valence-corrected chi connectivity index (χ2v) is 6.77. The fourth-order valence-electron chi connectivity index (χ4n) is 2.31. The molecule has 1 aliphatic rings. The van der Waals surface area contributed by atoms with Crippen LogP contribution in [-0.4, -0.2) is 22.0 Å². The number of benzene rings is 1. The minimum absolute atomic E-state index is 0.182. The van der Waals surface area contributed by atoms with Crippen molar-refractivity contribution < 1.29 is 8.42 Å². The molecule has 0 unspecified atom stereocenters. The third-order valence-electron chi connectivity index (χ3n) is 3.50. The summed E-state index contributed by atoms with van der Waals surface area (Å²) in [6, 6.07) is 4.74. The van der Waals surface area contributed by atoms with Crippen LogP contribution in [0.4, 0.5) is 11.4 Å². The number of allylic oxidation sites excluding steroid dienone is 1. The van der Waals surface area contributed by atoms with Crippen LogP contribution in [0.25, 0.3) is 0 Å². The minimum atomic E-state index is -3.44. The number of nitrogen functional groups attached to an aromatic ring is 1. The molecule has 0 bridgehead atoms. The van der Waals surface area contributed by atoms with Gasteiger partial charge in [0.05, 0.1) is 16.3 Å². The molecule has 0 amide bonds. The van der Waals surface area contributed by atoms with E-state index in [1.807, 2.05) is 0 Å². The lowest BCUT2D eigenvalue weighted by atomic mass is 10.1. The standard InChI is InChI=1S/C14H21N3O2S/c1-16-20(18,19)12-6-7-14(13(15)10-12)17-9-8-11-4-2-3-5-11/h4,6-7,10,16-17H,2-3,5,8-9,15H2,1H3. The highest BCUT2D eigenvalue weighted by molar-refractivity contribution is 7.89. The maximum Gasteiger partial charge on any atom is 0.240 e. The molecule has 4 N–H and O–H groups in total. The van der Waals surface area contributed by atoms with Gasteiger partial charge in [-0.3, -0.25) is 0 Å². The van der Waals surface area contributed by atoms with Crippen molar-refractivity contribution in [3.8, 4) is 0 Å². The molecule has 0 fully saturated rings. The highest BCUT2D eigenvalue weighted by Gasteiger charge is 2.12. The van der Waals surface area contributed by atoms with Crippen molar-refractivity contribution in [3.63, 3.8) is 0 Å². The van der Waals surface area contributed by atoms with E-state index in [4.69, 9.17) is 5.73 Å². The molecule has 0 saturated carbocycles. The molecule has 20 heavy (non-hydrogen) atoms. The van der Waals surface area contributed by atoms with Gasteiger partial charge in [-0.1, -0.05) is 11.6 Å². The van der Waals surface area contributed by atoms with Gasteiger partial charge in [0.15, 0.2) is 0 Å². The Morgan fingerprint density at radius 1 is 1.35 bits per heavy atom. The van der Waals surface area contributed by atoms with Crippen molar-refractivity contribution in [3.05, 3.63) is 29.8 Å². The Morgan fingerprint density at radius 2 is 2.15 bits per heavy atom. The van der Waals surface area contributed by atoms with Gasteiger partial charge in [-0.25, -0.2) is 13.1 Å². The molecule has 1 aromatic carbocycles. The van der Waals surface area contributed by atoms with E-state index in [1.54, 1.807) is 12.1 Å². The van der Waals surface area contributed by atoms with Crippen LogP contribution in [0.1, 0.15) is 25.7 Å². The first kappa shape index (κ1) is 14.9. The van der Waals surface area contributed by atoms with E-state index in [0.29, 0.717) is 5.69 Å². The molecule has 1 aromatic rings. The molecule has 0 aliphatic heterocycles. The molecular formula is C14H21N3O2S. The Balaban J connectivity index is 1.99. The highest BCUT2D eigenvalue weighted by Crippen LogP contribution is 2.24. The van der Waals surface area contributed by atoms with Gasteiger partial charge in [0, 0.05) is 6.54 Å². The molecule has 0 heterocycles. The van der Waals surface area contributed by atoms with Gasteiger partial charge in [-0.2, -0.15) is 0 Å². The zero-order valence-corrected chi connectivity index (χ0v) is 12.5. The Labute approximate surface area is 120 Å². The third kappa shape index (κ3) is 3.52. The molecule has 0 aromatic heterocycles. The van der Waals surface area contributed by atoms with Crippen LogP contribution in [0.2, 0.25) is 0 Å². The molecule has 2 rings (SSSR count). The molecule has 0 spiro atoms. The predicted octanol–water partition coefficient (Wildman–Crippen LogP) is 2.09. The van der Waals surface area contributed by atoms with E-state index >= 15 is 0 Å². The molecule has 5 nitrogen and oxygen atoms in total. The van der Waals surface area contributed by atoms with E-state index in [2.05, 4.69) is 16.1 Å². The van der Waals surface area contributed by atoms with Gasteiger partial charge in [0.1, 0.15) is 0 Å². The van der Waals surface area contributed by atoms with Gasteiger partial charge in [0.25, 0.3) is 0 Å². The Morgan fingerprint density at radius 3 is 2.75 bits per heavy atom. The number of nitrogens with one attached hydrogen (secondary N) is 2. The second kappa shape index (κ2) is 6.28. The lowest BCUT2D eigenvalue weighted by Crippen LogP contribution is -2.18. The third-order valence-corrected chi connectivity index (χ3v) is 4.91. The minimum Gasteiger partial charge on any atom is -0.397 e. The Hall–Kier alpha value is -1.53. The fourth-order valence-corrected chi connectivity index (χ4v) is 3.07. The molecule has 0 saturated heterocycles. The topological polar surface area (TPSA) is 84.2 Å². The van der Waals surface area contributed by atoms with Crippen LogP contribution < -0.4 is 15.8 Å². The first-order valence-electron chi connectivity index (χ1n) is 6.78. The summed E-state index contributed by atoms with van der Waals surface area (Å²) in [7, 11) is -2.06. The van der Waals surface area contributed by atoms with Crippen molar-refractivity contribution in [1.82, 2.24) is 4.72 Å². The normalized spacial score (nSPS) is 15.2. The summed E-state index contributed by atoms with van der Waals surface area (Å²) < 4.78 is 25.6. The van der Waals surface area contributed by atoms with E-state index in [1.165, 1.54) is 37.9 Å². The quantitative estimate of drug-likeness (QED) is 0.554. The highest BCUT2D eigenvalue weighted by atomic mass is 32.2. The summed E-state index contributed by atoms with van der Waals surface area (Å²) in [5.74, 6) is 0. The number of hydrogen-bond acceptors (Lipinski definition) is 4. The maximum absolute atomic E-state index is 11.7. The lowest BCUT2D eigenvalue weighted by molar-refractivity contribution is 0.588. The van der Waals surface area contributed by atoms with Gasteiger partial charge >= 0.3 is 0 Å². The fraction of sp³-hybridized carbons (Fsp3) is 0.429. The summed E-state index contributed by atoms with van der Waals surface area (Å²) in [4.78, 5) is 0.182. The Bertz CT molecular complexity index is 609.